The topological polar surface area (TPSA) is 77.0 Å². The summed E-state index contributed by atoms with van der Waals surface area (Å²) in [7, 11) is 4.84. The van der Waals surface area contributed by atoms with E-state index in [2.05, 4.69) is 20.6 Å². The van der Waals surface area contributed by atoms with Crippen LogP contribution in [0.5, 0.6) is 17.2 Å². The number of guanidine groups is 1. The van der Waals surface area contributed by atoms with Crippen molar-refractivity contribution in [2.24, 2.45) is 4.99 Å². The van der Waals surface area contributed by atoms with Crippen molar-refractivity contribution < 1.29 is 14.2 Å². The summed E-state index contributed by atoms with van der Waals surface area (Å²) in [6.07, 6.45) is 1.88. The summed E-state index contributed by atoms with van der Waals surface area (Å²) in [5.74, 6) is 2.70. The molecule has 26 heavy (non-hydrogen) atoms. The number of nitrogens with one attached hydrogen (secondary N) is 2. The van der Waals surface area contributed by atoms with E-state index in [4.69, 9.17) is 14.2 Å². The molecule has 0 amide bonds. The first kappa shape index (κ1) is 19.8. The smallest absolute Gasteiger partial charge is 0.191 e. The number of nitrogens with zero attached hydrogens (tertiary/aromatic N) is 2. The van der Waals surface area contributed by atoms with Gasteiger partial charge in [-0.25, -0.2) is 9.98 Å². The Bertz CT molecular complexity index is 746. The van der Waals surface area contributed by atoms with Crippen molar-refractivity contribution in [1.29, 1.82) is 0 Å². The van der Waals surface area contributed by atoms with Gasteiger partial charge in [-0.15, -0.1) is 11.3 Å². The maximum atomic E-state index is 5.46. The second kappa shape index (κ2) is 9.86. The first-order valence-electron chi connectivity index (χ1n) is 8.33. The van der Waals surface area contributed by atoms with Gasteiger partial charge in [-0.05, 0) is 19.9 Å². The van der Waals surface area contributed by atoms with Crippen LogP contribution in [0.2, 0.25) is 0 Å². The molecule has 0 atom stereocenters. The fraction of sp³-hybridized carbons (Fsp3) is 0.444. The SMILES string of the molecule is CCNC(=NCc1cc(OC)c(OC)cc1OC)NCc1ncc(C)s1. The van der Waals surface area contributed by atoms with Gasteiger partial charge in [-0.1, -0.05) is 0 Å². The zero-order chi connectivity index (χ0) is 18.9. The molecule has 2 N–H and O–H groups in total. The van der Waals surface area contributed by atoms with Gasteiger partial charge in [-0.2, -0.15) is 0 Å². The molecule has 2 aromatic rings. The highest BCUT2D eigenvalue weighted by Gasteiger charge is 2.12. The average Bonchev–Trinajstić information content (AvgIpc) is 3.08. The first-order chi connectivity index (χ1) is 12.6. The average molecular weight is 378 g/mol. The molecule has 142 valence electrons. The molecule has 1 aromatic heterocycles. The normalized spacial score (nSPS) is 11.2. The molecule has 0 radical (unpaired) electrons. The van der Waals surface area contributed by atoms with E-state index in [1.165, 1.54) is 4.88 Å². The fourth-order valence-corrected chi connectivity index (χ4v) is 3.09. The number of ether oxygens (including phenoxy) is 3. The van der Waals surface area contributed by atoms with E-state index >= 15 is 0 Å². The number of aliphatic imine (C=N–C) groups is 1. The molecular formula is C18H26N4O3S. The molecule has 0 spiro atoms. The summed E-state index contributed by atoms with van der Waals surface area (Å²) >= 11 is 1.67. The van der Waals surface area contributed by atoms with Crippen LogP contribution in [0, 0.1) is 6.92 Å². The second-order valence-corrected chi connectivity index (χ2v) is 6.75. The Hall–Kier alpha value is -2.48. The minimum absolute atomic E-state index is 0.440. The van der Waals surface area contributed by atoms with Crippen molar-refractivity contribution in [3.05, 3.63) is 33.8 Å². The zero-order valence-electron chi connectivity index (χ0n) is 15.9. The van der Waals surface area contributed by atoms with E-state index in [9.17, 15) is 0 Å². The standard InChI is InChI=1S/C18H26N4O3S/c1-6-19-18(22-11-17-20-9-12(2)26-17)21-10-13-7-15(24-4)16(25-5)8-14(13)23-3/h7-9H,6,10-11H2,1-5H3,(H2,19,21,22). The lowest BCUT2D eigenvalue weighted by Crippen LogP contribution is -2.36. The van der Waals surface area contributed by atoms with Crippen LogP contribution in [0.4, 0.5) is 0 Å². The minimum atomic E-state index is 0.440. The summed E-state index contributed by atoms with van der Waals surface area (Å²) in [6.45, 7) is 5.92. The maximum absolute atomic E-state index is 5.46. The molecule has 0 saturated heterocycles. The van der Waals surface area contributed by atoms with Crippen molar-refractivity contribution in [2.45, 2.75) is 26.9 Å². The van der Waals surface area contributed by atoms with Gasteiger partial charge in [-0.3, -0.25) is 0 Å². The molecule has 0 bridgehead atoms. The van der Waals surface area contributed by atoms with Crippen molar-refractivity contribution in [3.63, 3.8) is 0 Å². The quantitative estimate of drug-likeness (QED) is 0.543. The lowest BCUT2D eigenvalue weighted by Gasteiger charge is -2.14. The van der Waals surface area contributed by atoms with Crippen LogP contribution < -0.4 is 24.8 Å². The highest BCUT2D eigenvalue weighted by atomic mass is 32.1. The van der Waals surface area contributed by atoms with Crippen LogP contribution in [-0.4, -0.2) is 38.8 Å². The van der Waals surface area contributed by atoms with Gasteiger partial charge in [0.15, 0.2) is 17.5 Å². The lowest BCUT2D eigenvalue weighted by atomic mass is 10.1. The van der Waals surface area contributed by atoms with E-state index in [0.29, 0.717) is 30.3 Å². The Kier molecular flexibility index (Phi) is 7.53. The first-order valence-corrected chi connectivity index (χ1v) is 9.15. The van der Waals surface area contributed by atoms with Gasteiger partial charge in [0.25, 0.3) is 0 Å². The molecule has 0 unspecified atom stereocenters. The van der Waals surface area contributed by atoms with Gasteiger partial charge in [0.1, 0.15) is 10.8 Å². The van der Waals surface area contributed by atoms with E-state index in [1.54, 1.807) is 32.7 Å². The highest BCUT2D eigenvalue weighted by molar-refractivity contribution is 7.11. The molecule has 0 aliphatic carbocycles. The highest BCUT2D eigenvalue weighted by Crippen LogP contribution is 2.34. The molecule has 0 aliphatic rings. The Morgan fingerprint density at radius 1 is 1.08 bits per heavy atom. The third-order valence-electron chi connectivity index (χ3n) is 3.61. The van der Waals surface area contributed by atoms with Gasteiger partial charge < -0.3 is 24.8 Å². The lowest BCUT2D eigenvalue weighted by molar-refractivity contribution is 0.347. The summed E-state index contributed by atoms with van der Waals surface area (Å²) in [4.78, 5) is 10.2. The Morgan fingerprint density at radius 2 is 1.77 bits per heavy atom. The fourth-order valence-electron chi connectivity index (χ4n) is 2.36. The molecule has 1 heterocycles. The number of aromatic nitrogens is 1. The van der Waals surface area contributed by atoms with Gasteiger partial charge in [0, 0.05) is 29.2 Å². The second-order valence-electron chi connectivity index (χ2n) is 5.43. The van der Waals surface area contributed by atoms with E-state index < -0.39 is 0 Å². The predicted octanol–water partition coefficient (Wildman–Crippen LogP) is 2.73. The molecule has 0 fully saturated rings. The number of aryl methyl sites for hydroxylation is 1. The van der Waals surface area contributed by atoms with Crippen molar-refractivity contribution >= 4 is 17.3 Å². The van der Waals surface area contributed by atoms with Crippen molar-refractivity contribution in [1.82, 2.24) is 15.6 Å². The van der Waals surface area contributed by atoms with Crippen molar-refractivity contribution in [3.8, 4) is 17.2 Å². The molecule has 0 aliphatic heterocycles. The summed E-state index contributed by atoms with van der Waals surface area (Å²) in [6, 6.07) is 3.69. The molecule has 1 aromatic carbocycles. The maximum Gasteiger partial charge on any atom is 0.191 e. The Labute approximate surface area is 158 Å². The largest absolute Gasteiger partial charge is 0.496 e. The zero-order valence-corrected chi connectivity index (χ0v) is 16.7. The van der Waals surface area contributed by atoms with Crippen molar-refractivity contribution in [2.75, 3.05) is 27.9 Å². The number of hydrogen-bond donors (Lipinski definition) is 2. The Balaban J connectivity index is 2.14. The van der Waals surface area contributed by atoms with Gasteiger partial charge in [0.2, 0.25) is 0 Å². The van der Waals surface area contributed by atoms with E-state index in [0.717, 1.165) is 23.1 Å². The van der Waals surface area contributed by atoms with E-state index in [1.807, 2.05) is 32.2 Å². The van der Waals surface area contributed by atoms with Crippen LogP contribution in [-0.2, 0) is 13.1 Å². The van der Waals surface area contributed by atoms with Crippen LogP contribution >= 0.6 is 11.3 Å². The molecule has 0 saturated carbocycles. The monoisotopic (exact) mass is 378 g/mol. The van der Waals surface area contributed by atoms with Gasteiger partial charge >= 0.3 is 0 Å². The molecule has 2 rings (SSSR count). The summed E-state index contributed by atoms with van der Waals surface area (Å²) in [5.41, 5.74) is 0.910. The predicted molar refractivity (Wildman–Crippen MR) is 105 cm³/mol. The third kappa shape index (κ3) is 5.26. The van der Waals surface area contributed by atoms with Crippen LogP contribution in [0.15, 0.2) is 23.3 Å². The Morgan fingerprint density at radius 3 is 2.35 bits per heavy atom. The summed E-state index contributed by atoms with van der Waals surface area (Å²) in [5, 5.41) is 7.56. The van der Waals surface area contributed by atoms with E-state index in [-0.39, 0.29) is 0 Å². The van der Waals surface area contributed by atoms with Crippen LogP contribution in [0.3, 0.4) is 0 Å². The number of benzene rings is 1. The summed E-state index contributed by atoms with van der Waals surface area (Å²) < 4.78 is 16.1. The van der Waals surface area contributed by atoms with Crippen LogP contribution in [0.1, 0.15) is 22.4 Å². The minimum Gasteiger partial charge on any atom is -0.496 e. The number of rotatable bonds is 8. The number of methoxy groups -OCH3 is 3. The number of thiazole rings is 1. The van der Waals surface area contributed by atoms with Crippen LogP contribution in [0.25, 0.3) is 0 Å². The molecular weight excluding hydrogens is 352 g/mol. The van der Waals surface area contributed by atoms with Gasteiger partial charge in [0.05, 0.1) is 34.4 Å². The molecule has 8 heteroatoms. The third-order valence-corrected chi connectivity index (χ3v) is 4.53. The molecule has 7 nitrogen and oxygen atoms in total. The number of hydrogen-bond acceptors (Lipinski definition) is 6.